The van der Waals surface area contributed by atoms with Gasteiger partial charge in [0.05, 0.1) is 13.7 Å². The maximum absolute atomic E-state index is 11.6. The fraction of sp³-hybridized carbons (Fsp3) is 0.462. The number of Topliss-reactive ketones (excluding diaryl/α,β-unsaturated/α-hetero) is 1. The van der Waals surface area contributed by atoms with Crippen LogP contribution in [0.2, 0.25) is 0 Å². The molecule has 0 heterocycles. The van der Waals surface area contributed by atoms with Gasteiger partial charge in [0.1, 0.15) is 5.75 Å². The molecule has 2 rings (SSSR count). The van der Waals surface area contributed by atoms with Crippen molar-refractivity contribution in [1.82, 2.24) is 0 Å². The lowest BCUT2D eigenvalue weighted by Crippen LogP contribution is -2.26. The number of carbonyl (C=O) groups is 1. The molecule has 16 heavy (non-hydrogen) atoms. The van der Waals surface area contributed by atoms with Crippen molar-refractivity contribution in [2.45, 2.75) is 12.8 Å². The molecule has 0 aliphatic heterocycles. The third kappa shape index (κ3) is 2.54. The molecule has 86 valence electrons. The highest BCUT2D eigenvalue weighted by atomic mass is 16.5. The van der Waals surface area contributed by atoms with E-state index in [0.29, 0.717) is 18.2 Å². The molecule has 1 aromatic rings. The van der Waals surface area contributed by atoms with Crippen molar-refractivity contribution < 1.29 is 9.53 Å². The summed E-state index contributed by atoms with van der Waals surface area (Å²) in [6.45, 7) is 0.511. The van der Waals surface area contributed by atoms with Gasteiger partial charge in [-0.25, -0.2) is 0 Å². The Bertz CT molecular complexity index is 368. The van der Waals surface area contributed by atoms with Crippen LogP contribution in [0, 0.1) is 5.92 Å². The highest BCUT2D eigenvalue weighted by Gasteiger charge is 2.29. The lowest BCUT2D eigenvalue weighted by molar-refractivity contribution is -0.118. The quantitative estimate of drug-likeness (QED) is 0.759. The topological polar surface area (TPSA) is 29.5 Å². The number of anilines is 1. The molecule has 0 N–H and O–H groups in total. The van der Waals surface area contributed by atoms with Crippen LogP contribution >= 0.6 is 0 Å². The first-order valence-electron chi connectivity index (χ1n) is 5.58. The number of rotatable bonds is 5. The van der Waals surface area contributed by atoms with Crippen LogP contribution in [-0.2, 0) is 4.79 Å². The van der Waals surface area contributed by atoms with E-state index in [1.54, 1.807) is 7.11 Å². The molecule has 0 amide bonds. The van der Waals surface area contributed by atoms with Gasteiger partial charge in [-0.3, -0.25) is 4.79 Å². The average Bonchev–Trinajstić information content (AvgIpc) is 3.13. The van der Waals surface area contributed by atoms with Gasteiger partial charge in [0.15, 0.2) is 5.78 Å². The predicted molar refractivity (Wildman–Crippen MR) is 64.0 cm³/mol. The summed E-state index contributed by atoms with van der Waals surface area (Å²) in [5.74, 6) is 1.53. The van der Waals surface area contributed by atoms with E-state index in [4.69, 9.17) is 4.74 Å². The minimum absolute atomic E-state index is 0.334. The van der Waals surface area contributed by atoms with E-state index in [9.17, 15) is 4.79 Å². The molecule has 1 aliphatic rings. The molecule has 1 fully saturated rings. The number of methoxy groups -OCH3 is 1. The van der Waals surface area contributed by atoms with E-state index in [0.717, 1.165) is 24.3 Å². The number of carbonyl (C=O) groups excluding carboxylic acids is 1. The van der Waals surface area contributed by atoms with E-state index in [1.165, 1.54) is 0 Å². The van der Waals surface area contributed by atoms with Gasteiger partial charge in [-0.15, -0.1) is 0 Å². The summed E-state index contributed by atoms with van der Waals surface area (Å²) < 4.78 is 5.09. The van der Waals surface area contributed by atoms with Gasteiger partial charge in [0, 0.05) is 18.7 Å². The maximum atomic E-state index is 11.6. The van der Waals surface area contributed by atoms with E-state index < -0.39 is 0 Å². The maximum Gasteiger partial charge on any atom is 0.155 e. The molecule has 0 bridgehead atoms. The lowest BCUT2D eigenvalue weighted by Gasteiger charge is -2.18. The second-order valence-corrected chi connectivity index (χ2v) is 4.29. The Morgan fingerprint density at radius 1 is 1.38 bits per heavy atom. The van der Waals surface area contributed by atoms with Gasteiger partial charge in [0.2, 0.25) is 0 Å². The van der Waals surface area contributed by atoms with Crippen molar-refractivity contribution in [3.8, 4) is 5.75 Å². The van der Waals surface area contributed by atoms with E-state index in [1.807, 2.05) is 36.2 Å². The van der Waals surface area contributed by atoms with E-state index in [-0.39, 0.29) is 0 Å². The van der Waals surface area contributed by atoms with Crippen LogP contribution in [0.1, 0.15) is 12.8 Å². The predicted octanol–water partition coefficient (Wildman–Crippen LogP) is 2.11. The van der Waals surface area contributed by atoms with Crippen molar-refractivity contribution in [2.75, 3.05) is 25.6 Å². The first-order valence-corrected chi connectivity index (χ1v) is 5.58. The number of benzene rings is 1. The Kier molecular flexibility index (Phi) is 3.13. The van der Waals surface area contributed by atoms with Gasteiger partial charge in [0.25, 0.3) is 0 Å². The molecule has 1 aliphatic carbocycles. The van der Waals surface area contributed by atoms with Gasteiger partial charge in [-0.05, 0) is 37.1 Å². The van der Waals surface area contributed by atoms with Crippen LogP contribution in [-0.4, -0.2) is 26.5 Å². The second kappa shape index (κ2) is 4.56. The molecule has 3 nitrogen and oxygen atoms in total. The van der Waals surface area contributed by atoms with Crippen LogP contribution in [0.3, 0.4) is 0 Å². The smallest absolute Gasteiger partial charge is 0.155 e. The van der Waals surface area contributed by atoms with E-state index >= 15 is 0 Å². The van der Waals surface area contributed by atoms with Crippen LogP contribution < -0.4 is 9.64 Å². The molecule has 1 saturated carbocycles. The SMILES string of the molecule is COc1ccc(N(C)CC(=O)C2CC2)cc1. The molecule has 0 aromatic heterocycles. The van der Waals surface area contributed by atoms with Crippen LogP contribution in [0.5, 0.6) is 5.75 Å². The summed E-state index contributed by atoms with van der Waals surface area (Å²) in [5, 5.41) is 0. The molecular formula is C13H17NO2. The zero-order valence-corrected chi connectivity index (χ0v) is 9.77. The Hall–Kier alpha value is -1.51. The largest absolute Gasteiger partial charge is 0.497 e. The number of hydrogen-bond acceptors (Lipinski definition) is 3. The number of hydrogen-bond donors (Lipinski definition) is 0. The summed E-state index contributed by atoms with van der Waals surface area (Å²) in [6.07, 6.45) is 2.16. The third-order valence-electron chi connectivity index (χ3n) is 2.94. The van der Waals surface area contributed by atoms with Gasteiger partial charge in [-0.1, -0.05) is 0 Å². The van der Waals surface area contributed by atoms with Gasteiger partial charge in [-0.2, -0.15) is 0 Å². The average molecular weight is 219 g/mol. The summed E-state index contributed by atoms with van der Waals surface area (Å²) >= 11 is 0. The van der Waals surface area contributed by atoms with Crippen LogP contribution in [0.4, 0.5) is 5.69 Å². The zero-order chi connectivity index (χ0) is 11.5. The van der Waals surface area contributed by atoms with Crippen LogP contribution in [0.25, 0.3) is 0 Å². The molecule has 0 unspecified atom stereocenters. The molecule has 1 aromatic carbocycles. The first-order chi connectivity index (χ1) is 7.70. The number of likely N-dealkylation sites (N-methyl/N-ethyl adjacent to an activating group) is 1. The fourth-order valence-corrected chi connectivity index (χ4v) is 1.70. The van der Waals surface area contributed by atoms with Crippen molar-refractivity contribution in [3.05, 3.63) is 24.3 Å². The first kappa shape index (κ1) is 11.0. The molecule has 0 atom stereocenters. The van der Waals surface area contributed by atoms with Crippen molar-refractivity contribution in [3.63, 3.8) is 0 Å². The Balaban J connectivity index is 1.96. The molecular weight excluding hydrogens is 202 g/mol. The lowest BCUT2D eigenvalue weighted by atomic mass is 10.2. The van der Waals surface area contributed by atoms with Gasteiger partial charge >= 0.3 is 0 Å². The standard InChI is InChI=1S/C13H17NO2/c1-14(9-13(15)10-3-4-10)11-5-7-12(16-2)8-6-11/h5-8,10H,3-4,9H2,1-2H3. The van der Waals surface area contributed by atoms with Crippen molar-refractivity contribution in [1.29, 1.82) is 0 Å². The monoisotopic (exact) mass is 219 g/mol. The Morgan fingerprint density at radius 2 is 2.00 bits per heavy atom. The molecule has 0 saturated heterocycles. The highest BCUT2D eigenvalue weighted by molar-refractivity contribution is 5.87. The summed E-state index contributed by atoms with van der Waals surface area (Å²) in [4.78, 5) is 13.6. The zero-order valence-electron chi connectivity index (χ0n) is 9.77. The molecule has 0 radical (unpaired) electrons. The minimum Gasteiger partial charge on any atom is -0.497 e. The van der Waals surface area contributed by atoms with Gasteiger partial charge < -0.3 is 9.64 Å². The number of ether oxygens (including phenoxy) is 1. The molecule has 3 heteroatoms. The molecule has 0 spiro atoms. The van der Waals surface area contributed by atoms with Crippen molar-refractivity contribution >= 4 is 11.5 Å². The highest BCUT2D eigenvalue weighted by Crippen LogP contribution is 2.30. The van der Waals surface area contributed by atoms with Crippen molar-refractivity contribution in [2.24, 2.45) is 5.92 Å². The third-order valence-corrected chi connectivity index (χ3v) is 2.94. The number of nitrogens with zero attached hydrogens (tertiary/aromatic N) is 1. The summed E-state index contributed by atoms with van der Waals surface area (Å²) in [6, 6.07) is 7.76. The minimum atomic E-state index is 0.334. The Labute approximate surface area is 96.0 Å². The van der Waals surface area contributed by atoms with Crippen LogP contribution in [0.15, 0.2) is 24.3 Å². The summed E-state index contributed by atoms with van der Waals surface area (Å²) in [7, 11) is 3.59. The second-order valence-electron chi connectivity index (χ2n) is 4.29. The summed E-state index contributed by atoms with van der Waals surface area (Å²) in [5.41, 5.74) is 1.05. The Morgan fingerprint density at radius 3 is 2.50 bits per heavy atom. The number of ketones is 1. The van der Waals surface area contributed by atoms with E-state index in [2.05, 4.69) is 0 Å². The fourth-order valence-electron chi connectivity index (χ4n) is 1.70. The normalized spacial score (nSPS) is 14.6.